The summed E-state index contributed by atoms with van der Waals surface area (Å²) < 4.78 is 5.18. The fourth-order valence-electron chi connectivity index (χ4n) is 4.86. The van der Waals surface area contributed by atoms with Crippen molar-refractivity contribution in [2.75, 3.05) is 31.8 Å². The van der Waals surface area contributed by atoms with Crippen molar-refractivity contribution >= 4 is 13.2 Å². The van der Waals surface area contributed by atoms with E-state index >= 15 is 0 Å². The van der Waals surface area contributed by atoms with Gasteiger partial charge >= 0.3 is 191 Å². The Morgan fingerprint density at radius 3 is 1.13 bits per heavy atom. The number of esters is 1. The number of hydrogen-bond acceptors (Lipinski definition) is 2. The molecule has 0 N–H and O–H groups in total. The number of rotatable bonds is 23. The molecule has 0 bridgehead atoms. The van der Waals surface area contributed by atoms with Crippen LogP contribution in [0.1, 0.15) is 136 Å². The molecule has 0 atom stereocenters. The molecule has 2 nitrogen and oxygen atoms in total. The van der Waals surface area contributed by atoms with Crippen LogP contribution in [0.25, 0.3) is 0 Å². The maximum atomic E-state index is 12.4. The van der Waals surface area contributed by atoms with Gasteiger partial charge in [-0.05, 0) is 0 Å². The van der Waals surface area contributed by atoms with Gasteiger partial charge in [-0.3, -0.25) is 0 Å². The van der Waals surface area contributed by atoms with Crippen LogP contribution < -0.4 is 0 Å². The summed E-state index contributed by atoms with van der Waals surface area (Å²) in [6, 6.07) is 0. The first kappa shape index (κ1) is 29.9. The zero-order chi connectivity index (χ0) is 22.3. The average Bonchev–Trinajstić information content (AvgIpc) is 2.75. The van der Waals surface area contributed by atoms with E-state index in [1.54, 1.807) is 7.11 Å². The molecule has 0 rings (SSSR count). The first-order valence-corrected chi connectivity index (χ1v) is 16.5. The van der Waals surface area contributed by atoms with Crippen LogP contribution >= 0.6 is 7.26 Å². The molecule has 0 saturated heterocycles. The molecule has 0 aromatic carbocycles. The summed E-state index contributed by atoms with van der Waals surface area (Å²) in [6.07, 6.45) is 29.4. The second-order valence-corrected chi connectivity index (χ2v) is 14.7. The van der Waals surface area contributed by atoms with Gasteiger partial charge in [0.05, 0.1) is 0 Å². The van der Waals surface area contributed by atoms with Crippen LogP contribution in [0.3, 0.4) is 0 Å². The van der Waals surface area contributed by atoms with Gasteiger partial charge in [-0.15, -0.1) is 0 Å². The summed E-state index contributed by atoms with van der Waals surface area (Å²) in [5.74, 6) is 0.0737. The summed E-state index contributed by atoms with van der Waals surface area (Å²) in [5, 5.41) is 0. The molecule has 0 unspecified atom stereocenters. The predicted molar refractivity (Wildman–Crippen MR) is 140 cm³/mol. The van der Waals surface area contributed by atoms with Gasteiger partial charge < -0.3 is 0 Å². The zero-order valence-corrected chi connectivity index (χ0v) is 22.4. The van der Waals surface area contributed by atoms with E-state index in [2.05, 4.69) is 20.8 Å². The predicted octanol–water partition coefficient (Wildman–Crippen LogP) is 8.99. The molecule has 0 spiro atoms. The van der Waals surface area contributed by atoms with Crippen molar-refractivity contribution in [2.45, 2.75) is 136 Å². The van der Waals surface area contributed by atoms with E-state index in [0.717, 1.165) is 6.16 Å². The number of ether oxygens (including phenoxy) is 1. The number of hydrogen-bond donors (Lipinski definition) is 0. The third kappa shape index (κ3) is 17.6. The first-order valence-electron chi connectivity index (χ1n) is 13.7. The van der Waals surface area contributed by atoms with Gasteiger partial charge in [-0.2, -0.15) is 0 Å². The average molecular weight is 445 g/mol. The Morgan fingerprint density at radius 1 is 0.533 bits per heavy atom. The van der Waals surface area contributed by atoms with Crippen LogP contribution in [0.15, 0.2) is 0 Å². The van der Waals surface area contributed by atoms with Crippen molar-refractivity contribution in [1.29, 1.82) is 0 Å². The fraction of sp³-hybridized carbons (Fsp3) is 0.963. The molecular weight excluding hydrogens is 387 g/mol. The van der Waals surface area contributed by atoms with E-state index in [4.69, 9.17) is 4.74 Å². The number of methoxy groups -OCH3 is 1. The molecule has 0 aliphatic carbocycles. The van der Waals surface area contributed by atoms with E-state index in [-0.39, 0.29) is 5.97 Å². The second kappa shape index (κ2) is 22.1. The van der Waals surface area contributed by atoms with Gasteiger partial charge in [0.2, 0.25) is 0 Å². The molecule has 0 heterocycles. The van der Waals surface area contributed by atoms with Gasteiger partial charge in [0.15, 0.2) is 0 Å². The summed E-state index contributed by atoms with van der Waals surface area (Å²) in [7, 11) is 0.0255. The zero-order valence-electron chi connectivity index (χ0n) is 21.4. The van der Waals surface area contributed by atoms with Crippen molar-refractivity contribution < 1.29 is 9.53 Å². The van der Waals surface area contributed by atoms with Gasteiger partial charge in [-0.25, -0.2) is 0 Å². The maximum absolute atomic E-state index is 12.4. The first-order chi connectivity index (χ1) is 14.6. The van der Waals surface area contributed by atoms with Crippen molar-refractivity contribution in [3.63, 3.8) is 0 Å². The standard InChI is InChI=1S/C27H57O2P/c1-5-8-11-14-17-20-23-30(26-27(28)29-4,24-21-18-15-12-9-6-2)25-22-19-16-13-10-7-3/h30H,5-26H2,1-4H3. The third-order valence-electron chi connectivity index (χ3n) is 6.93. The van der Waals surface area contributed by atoms with Crippen molar-refractivity contribution in [3.05, 3.63) is 0 Å². The number of unbranched alkanes of at least 4 members (excludes halogenated alkanes) is 15. The minimum atomic E-state index is -1.56. The molecule has 182 valence electrons. The monoisotopic (exact) mass is 444 g/mol. The Balaban J connectivity index is 4.72. The van der Waals surface area contributed by atoms with Crippen LogP contribution in [-0.2, 0) is 9.53 Å². The minimum absolute atomic E-state index is 0.0737. The van der Waals surface area contributed by atoms with Crippen LogP contribution in [0.4, 0.5) is 0 Å². The Labute approximate surface area is 191 Å². The Morgan fingerprint density at radius 2 is 0.833 bits per heavy atom. The molecule has 0 aliphatic heterocycles. The van der Waals surface area contributed by atoms with Crippen LogP contribution in [0.2, 0.25) is 0 Å². The molecule has 0 saturated carbocycles. The fourth-order valence-corrected chi connectivity index (χ4v) is 9.90. The van der Waals surface area contributed by atoms with E-state index in [1.165, 1.54) is 134 Å². The van der Waals surface area contributed by atoms with Crippen molar-refractivity contribution in [3.8, 4) is 0 Å². The van der Waals surface area contributed by atoms with Crippen LogP contribution in [-0.4, -0.2) is 37.7 Å². The van der Waals surface area contributed by atoms with Crippen molar-refractivity contribution in [1.82, 2.24) is 0 Å². The summed E-state index contributed by atoms with van der Waals surface area (Å²) in [5.41, 5.74) is 0. The molecule has 0 radical (unpaired) electrons. The topological polar surface area (TPSA) is 26.3 Å². The number of carbonyl (C=O) groups excluding carboxylic acids is 1. The Kier molecular flexibility index (Phi) is 22.0. The Bertz CT molecular complexity index is 329. The van der Waals surface area contributed by atoms with Gasteiger partial charge in [-0.1, -0.05) is 0 Å². The van der Waals surface area contributed by atoms with Gasteiger partial charge in [0, 0.05) is 0 Å². The van der Waals surface area contributed by atoms with Gasteiger partial charge in [0.1, 0.15) is 0 Å². The SMILES string of the molecule is CCCCCCCC[PH](CCCCCCCC)(CCCCCCCC)CC(=O)OC. The molecule has 0 aliphatic rings. The van der Waals surface area contributed by atoms with E-state index in [0.29, 0.717) is 0 Å². The molecule has 0 aromatic heterocycles. The normalized spacial score (nSPS) is 12.3. The van der Waals surface area contributed by atoms with Crippen molar-refractivity contribution in [2.24, 2.45) is 0 Å². The second-order valence-electron chi connectivity index (χ2n) is 9.81. The van der Waals surface area contributed by atoms with E-state index < -0.39 is 7.26 Å². The van der Waals surface area contributed by atoms with E-state index in [9.17, 15) is 4.79 Å². The molecule has 30 heavy (non-hydrogen) atoms. The molecule has 0 aromatic rings. The quantitative estimate of drug-likeness (QED) is 0.0892. The molecule has 0 amide bonds. The van der Waals surface area contributed by atoms with Crippen LogP contribution in [0.5, 0.6) is 0 Å². The van der Waals surface area contributed by atoms with E-state index in [1.807, 2.05) is 0 Å². The Hall–Kier alpha value is -0.100. The summed E-state index contributed by atoms with van der Waals surface area (Å²) in [4.78, 5) is 12.4. The molecular formula is C27H57O2P. The summed E-state index contributed by atoms with van der Waals surface area (Å²) in [6.45, 7) is 6.86. The number of carbonyl (C=O) groups is 1. The van der Waals surface area contributed by atoms with Gasteiger partial charge in [0.25, 0.3) is 0 Å². The third-order valence-corrected chi connectivity index (χ3v) is 12.2. The molecule has 0 fully saturated rings. The molecule has 3 heteroatoms. The summed E-state index contributed by atoms with van der Waals surface area (Å²) >= 11 is 0. The van der Waals surface area contributed by atoms with Crippen LogP contribution in [0, 0.1) is 0 Å².